The van der Waals surface area contributed by atoms with Gasteiger partial charge in [-0.3, -0.25) is 4.79 Å². The lowest BCUT2D eigenvalue weighted by Gasteiger charge is -2.12. The van der Waals surface area contributed by atoms with Crippen molar-refractivity contribution in [1.82, 2.24) is 10.3 Å². The van der Waals surface area contributed by atoms with Crippen LogP contribution in [0.25, 0.3) is 10.6 Å². The number of hydrogen-bond acceptors (Lipinski definition) is 5. The molecule has 0 radical (unpaired) electrons. The van der Waals surface area contributed by atoms with Crippen molar-refractivity contribution in [2.75, 3.05) is 13.7 Å². The lowest BCUT2D eigenvalue weighted by atomic mass is 10.2. The number of benzene rings is 2. The second kappa shape index (κ2) is 8.79. The Morgan fingerprint density at radius 3 is 2.75 bits per heavy atom. The SMILES string of the molecule is CCNC(=O)c1csc(-c2ccc(OCc3cc(F)ccc3F)c(OC)c2)n1. The first-order valence-corrected chi connectivity index (χ1v) is 9.38. The van der Waals surface area contributed by atoms with Crippen LogP contribution in [0.3, 0.4) is 0 Å². The molecule has 1 heterocycles. The quantitative estimate of drug-likeness (QED) is 0.633. The van der Waals surface area contributed by atoms with Gasteiger partial charge in [-0.05, 0) is 43.3 Å². The Morgan fingerprint density at radius 1 is 1.18 bits per heavy atom. The summed E-state index contributed by atoms with van der Waals surface area (Å²) in [6, 6.07) is 8.35. The summed E-state index contributed by atoms with van der Waals surface area (Å²) in [4.78, 5) is 16.2. The Balaban J connectivity index is 1.79. The van der Waals surface area contributed by atoms with Crippen molar-refractivity contribution in [2.45, 2.75) is 13.5 Å². The molecule has 28 heavy (non-hydrogen) atoms. The van der Waals surface area contributed by atoms with E-state index < -0.39 is 11.6 Å². The Morgan fingerprint density at radius 2 is 2.00 bits per heavy atom. The minimum Gasteiger partial charge on any atom is -0.493 e. The molecule has 0 aliphatic carbocycles. The third kappa shape index (κ3) is 4.45. The molecule has 0 spiro atoms. The van der Waals surface area contributed by atoms with Gasteiger partial charge < -0.3 is 14.8 Å². The van der Waals surface area contributed by atoms with Crippen molar-refractivity contribution in [2.24, 2.45) is 0 Å². The van der Waals surface area contributed by atoms with Gasteiger partial charge in [0.05, 0.1) is 7.11 Å². The molecule has 1 amide bonds. The summed E-state index contributed by atoms with van der Waals surface area (Å²) in [5, 5.41) is 5.04. The molecule has 146 valence electrons. The van der Waals surface area contributed by atoms with Crippen molar-refractivity contribution in [3.8, 4) is 22.1 Å². The van der Waals surface area contributed by atoms with E-state index in [1.54, 1.807) is 23.6 Å². The largest absolute Gasteiger partial charge is 0.493 e. The van der Waals surface area contributed by atoms with E-state index in [4.69, 9.17) is 9.47 Å². The number of ether oxygens (including phenoxy) is 2. The number of aromatic nitrogens is 1. The third-order valence-corrected chi connectivity index (χ3v) is 4.77. The van der Waals surface area contributed by atoms with Crippen molar-refractivity contribution in [1.29, 1.82) is 0 Å². The van der Waals surface area contributed by atoms with Crippen LogP contribution in [0.2, 0.25) is 0 Å². The lowest BCUT2D eigenvalue weighted by molar-refractivity contribution is 0.0951. The minimum absolute atomic E-state index is 0.109. The zero-order valence-corrected chi connectivity index (χ0v) is 16.1. The summed E-state index contributed by atoms with van der Waals surface area (Å²) in [6.07, 6.45) is 0. The molecule has 0 saturated carbocycles. The van der Waals surface area contributed by atoms with Crippen molar-refractivity contribution in [3.05, 3.63) is 64.7 Å². The van der Waals surface area contributed by atoms with Crippen molar-refractivity contribution < 1.29 is 23.0 Å². The maximum atomic E-state index is 13.7. The molecular formula is C20H18F2N2O3S. The first kappa shape index (κ1) is 19.8. The average molecular weight is 404 g/mol. The van der Waals surface area contributed by atoms with E-state index >= 15 is 0 Å². The highest BCUT2D eigenvalue weighted by atomic mass is 32.1. The first-order valence-electron chi connectivity index (χ1n) is 8.50. The summed E-state index contributed by atoms with van der Waals surface area (Å²) < 4.78 is 38.0. The van der Waals surface area contributed by atoms with Crippen LogP contribution in [0.4, 0.5) is 8.78 Å². The molecule has 0 aliphatic rings. The number of rotatable bonds is 7. The van der Waals surface area contributed by atoms with Crippen molar-refractivity contribution >= 4 is 17.2 Å². The monoisotopic (exact) mass is 404 g/mol. The predicted molar refractivity (Wildman–Crippen MR) is 103 cm³/mol. The standard InChI is InChI=1S/C20H18F2N2O3S/c1-3-23-19(25)16-11-28-20(24-16)12-4-7-17(18(9-12)26-2)27-10-13-8-14(21)5-6-15(13)22/h4-9,11H,3,10H2,1-2H3,(H,23,25). The first-order chi connectivity index (χ1) is 13.5. The average Bonchev–Trinajstić information content (AvgIpc) is 3.19. The number of nitrogens with zero attached hydrogens (tertiary/aromatic N) is 1. The summed E-state index contributed by atoms with van der Waals surface area (Å²) >= 11 is 1.34. The van der Waals surface area contributed by atoms with E-state index in [-0.39, 0.29) is 18.1 Å². The van der Waals surface area contributed by atoms with Gasteiger partial charge in [-0.25, -0.2) is 13.8 Å². The van der Waals surface area contributed by atoms with E-state index in [0.29, 0.717) is 28.7 Å². The zero-order valence-electron chi connectivity index (χ0n) is 15.3. The van der Waals surface area contributed by atoms with Gasteiger partial charge in [0.25, 0.3) is 5.91 Å². The van der Waals surface area contributed by atoms with Gasteiger partial charge in [-0.1, -0.05) is 0 Å². The molecule has 8 heteroatoms. The molecule has 0 bridgehead atoms. The van der Waals surface area contributed by atoms with Gasteiger partial charge >= 0.3 is 0 Å². The Labute approximate surface area is 164 Å². The van der Waals surface area contributed by atoms with E-state index in [9.17, 15) is 13.6 Å². The smallest absolute Gasteiger partial charge is 0.270 e. The Bertz CT molecular complexity index is 991. The number of methoxy groups -OCH3 is 1. The van der Waals surface area contributed by atoms with Crippen LogP contribution in [0, 0.1) is 11.6 Å². The molecule has 5 nitrogen and oxygen atoms in total. The maximum Gasteiger partial charge on any atom is 0.270 e. The highest BCUT2D eigenvalue weighted by molar-refractivity contribution is 7.13. The molecule has 0 atom stereocenters. The van der Waals surface area contributed by atoms with Gasteiger partial charge in [0.2, 0.25) is 0 Å². The van der Waals surface area contributed by atoms with Gasteiger partial charge in [0.15, 0.2) is 11.5 Å². The van der Waals surface area contributed by atoms with E-state index in [1.165, 1.54) is 18.4 Å². The molecule has 0 saturated heterocycles. The van der Waals surface area contributed by atoms with Crippen LogP contribution < -0.4 is 14.8 Å². The molecule has 3 rings (SSSR count). The molecule has 3 aromatic rings. The van der Waals surface area contributed by atoms with Gasteiger partial charge in [0, 0.05) is 23.1 Å². The van der Waals surface area contributed by atoms with Crippen LogP contribution in [0.5, 0.6) is 11.5 Å². The predicted octanol–water partition coefficient (Wildman–Crippen LogP) is 4.43. The third-order valence-electron chi connectivity index (χ3n) is 3.88. The van der Waals surface area contributed by atoms with E-state index in [2.05, 4.69) is 10.3 Å². The molecule has 1 N–H and O–H groups in total. The van der Waals surface area contributed by atoms with Crippen LogP contribution in [-0.4, -0.2) is 24.5 Å². The number of carbonyl (C=O) groups excluding carboxylic acids is 1. The number of hydrogen-bond donors (Lipinski definition) is 1. The fraction of sp³-hybridized carbons (Fsp3) is 0.200. The van der Waals surface area contributed by atoms with E-state index in [0.717, 1.165) is 23.8 Å². The Kier molecular flexibility index (Phi) is 6.20. The Hall–Kier alpha value is -3.00. The zero-order chi connectivity index (χ0) is 20.1. The number of amides is 1. The molecule has 0 aliphatic heterocycles. The summed E-state index contributed by atoms with van der Waals surface area (Å²) in [6.45, 7) is 2.22. The summed E-state index contributed by atoms with van der Waals surface area (Å²) in [7, 11) is 1.48. The van der Waals surface area contributed by atoms with Gasteiger partial charge in [-0.2, -0.15) is 0 Å². The number of nitrogens with one attached hydrogen (secondary N) is 1. The number of thiazole rings is 1. The molecular weight excluding hydrogens is 386 g/mol. The fourth-order valence-corrected chi connectivity index (χ4v) is 3.29. The molecule has 0 fully saturated rings. The number of carbonyl (C=O) groups is 1. The topological polar surface area (TPSA) is 60.5 Å². The van der Waals surface area contributed by atoms with Gasteiger partial charge in [0.1, 0.15) is 28.9 Å². The van der Waals surface area contributed by atoms with Crippen LogP contribution in [-0.2, 0) is 6.61 Å². The second-order valence-electron chi connectivity index (χ2n) is 5.79. The van der Waals surface area contributed by atoms with Gasteiger partial charge in [-0.15, -0.1) is 11.3 Å². The normalized spacial score (nSPS) is 10.6. The molecule has 1 aromatic heterocycles. The second-order valence-corrected chi connectivity index (χ2v) is 6.65. The lowest BCUT2D eigenvalue weighted by Crippen LogP contribution is -2.22. The minimum atomic E-state index is -0.544. The highest BCUT2D eigenvalue weighted by Gasteiger charge is 2.14. The summed E-state index contributed by atoms with van der Waals surface area (Å²) in [5.74, 6) is -0.500. The van der Waals surface area contributed by atoms with Crippen LogP contribution >= 0.6 is 11.3 Å². The molecule has 0 unspecified atom stereocenters. The maximum absolute atomic E-state index is 13.7. The van der Waals surface area contributed by atoms with Crippen LogP contribution in [0.1, 0.15) is 23.0 Å². The highest BCUT2D eigenvalue weighted by Crippen LogP contribution is 2.34. The fourth-order valence-electron chi connectivity index (χ4n) is 2.49. The molecule has 2 aromatic carbocycles. The number of halogens is 2. The van der Waals surface area contributed by atoms with Crippen LogP contribution in [0.15, 0.2) is 41.8 Å². The van der Waals surface area contributed by atoms with Crippen molar-refractivity contribution in [3.63, 3.8) is 0 Å². The summed E-state index contributed by atoms with van der Waals surface area (Å²) in [5.41, 5.74) is 1.21. The van der Waals surface area contributed by atoms with E-state index in [1.807, 2.05) is 6.92 Å².